The number of ether oxygens (including phenoxy) is 1. The van der Waals surface area contributed by atoms with Crippen LogP contribution in [0.25, 0.3) is 0 Å². The third-order valence-corrected chi connectivity index (χ3v) is 5.40. The Kier molecular flexibility index (Phi) is 4.45. The van der Waals surface area contributed by atoms with Gasteiger partial charge in [-0.25, -0.2) is 0 Å². The predicted molar refractivity (Wildman–Crippen MR) is 97.6 cm³/mol. The maximum absolute atomic E-state index is 12.5. The number of rotatable bonds is 5. The van der Waals surface area contributed by atoms with E-state index in [1.54, 1.807) is 7.11 Å². The van der Waals surface area contributed by atoms with Crippen molar-refractivity contribution >= 4 is 5.91 Å². The molecule has 4 heteroatoms. The second kappa shape index (κ2) is 6.89. The van der Waals surface area contributed by atoms with E-state index in [0.29, 0.717) is 12.5 Å². The average Bonchev–Trinajstić information content (AvgIpc) is 3.23. The first-order valence-electron chi connectivity index (χ1n) is 8.96. The van der Waals surface area contributed by atoms with Crippen molar-refractivity contribution < 1.29 is 9.53 Å². The zero-order chi connectivity index (χ0) is 17.2. The van der Waals surface area contributed by atoms with Crippen LogP contribution in [0.2, 0.25) is 0 Å². The standard InChI is InChI=1S/C21H24N2O2/c1-25-20-9-5-4-8-17(20)13-22-18-12-21(24)23(14-18)19-10-15-6-2-3-7-16(15)11-19/h2-9,18-19,22H,10-14H2,1H3/t18-/m0/s1. The molecule has 130 valence electrons. The molecule has 4 rings (SSSR count). The summed E-state index contributed by atoms with van der Waals surface area (Å²) in [5.41, 5.74) is 3.92. The van der Waals surface area contributed by atoms with Crippen molar-refractivity contribution in [2.45, 2.75) is 37.9 Å². The van der Waals surface area contributed by atoms with Crippen molar-refractivity contribution in [2.75, 3.05) is 13.7 Å². The Balaban J connectivity index is 1.37. The van der Waals surface area contributed by atoms with Gasteiger partial charge in [-0.1, -0.05) is 42.5 Å². The number of methoxy groups -OCH3 is 1. The van der Waals surface area contributed by atoms with Crippen LogP contribution >= 0.6 is 0 Å². The molecule has 25 heavy (non-hydrogen) atoms. The number of carbonyl (C=O) groups is 1. The highest BCUT2D eigenvalue weighted by molar-refractivity contribution is 5.80. The minimum absolute atomic E-state index is 0.209. The van der Waals surface area contributed by atoms with E-state index in [-0.39, 0.29) is 11.9 Å². The van der Waals surface area contributed by atoms with Crippen LogP contribution in [0.4, 0.5) is 0 Å². The highest BCUT2D eigenvalue weighted by Gasteiger charge is 2.36. The lowest BCUT2D eigenvalue weighted by atomic mass is 10.1. The van der Waals surface area contributed by atoms with Gasteiger partial charge in [0.05, 0.1) is 7.11 Å². The molecule has 2 aliphatic rings. The maximum Gasteiger partial charge on any atom is 0.224 e. The normalized spacial score (nSPS) is 20.1. The van der Waals surface area contributed by atoms with E-state index < -0.39 is 0 Å². The number of hydrogen-bond acceptors (Lipinski definition) is 3. The lowest BCUT2D eigenvalue weighted by Gasteiger charge is -2.24. The van der Waals surface area contributed by atoms with Gasteiger partial charge < -0.3 is 15.0 Å². The fourth-order valence-electron chi connectivity index (χ4n) is 4.08. The van der Waals surface area contributed by atoms with Gasteiger partial charge in [-0.05, 0) is 30.0 Å². The zero-order valence-electron chi connectivity index (χ0n) is 14.6. The molecular formula is C21H24N2O2. The summed E-state index contributed by atoms with van der Waals surface area (Å²) < 4.78 is 5.40. The van der Waals surface area contributed by atoms with Gasteiger partial charge >= 0.3 is 0 Å². The van der Waals surface area contributed by atoms with E-state index in [0.717, 1.165) is 37.2 Å². The molecule has 1 N–H and O–H groups in total. The molecule has 1 aliphatic heterocycles. The number of hydrogen-bond donors (Lipinski definition) is 1. The maximum atomic E-state index is 12.5. The Morgan fingerprint density at radius 2 is 1.72 bits per heavy atom. The highest BCUT2D eigenvalue weighted by atomic mass is 16.5. The summed E-state index contributed by atoms with van der Waals surface area (Å²) >= 11 is 0. The van der Waals surface area contributed by atoms with Crippen LogP contribution in [0.15, 0.2) is 48.5 Å². The molecule has 2 aromatic rings. The molecule has 0 radical (unpaired) electrons. The van der Waals surface area contributed by atoms with Gasteiger partial charge in [0.1, 0.15) is 5.75 Å². The van der Waals surface area contributed by atoms with Crippen LogP contribution < -0.4 is 10.1 Å². The summed E-state index contributed by atoms with van der Waals surface area (Å²) in [4.78, 5) is 14.6. The minimum Gasteiger partial charge on any atom is -0.496 e. The second-order valence-corrected chi connectivity index (χ2v) is 6.97. The number of para-hydroxylation sites is 1. The van der Waals surface area contributed by atoms with Gasteiger partial charge in [0.2, 0.25) is 5.91 Å². The smallest absolute Gasteiger partial charge is 0.224 e. The molecule has 0 unspecified atom stereocenters. The number of benzene rings is 2. The van der Waals surface area contributed by atoms with E-state index in [1.807, 2.05) is 18.2 Å². The Morgan fingerprint density at radius 3 is 2.44 bits per heavy atom. The van der Waals surface area contributed by atoms with Crippen LogP contribution in [-0.4, -0.2) is 36.5 Å². The molecular weight excluding hydrogens is 312 g/mol. The molecule has 1 atom stereocenters. The molecule has 1 fully saturated rings. The topological polar surface area (TPSA) is 41.6 Å². The summed E-state index contributed by atoms with van der Waals surface area (Å²) in [5, 5.41) is 3.54. The zero-order valence-corrected chi connectivity index (χ0v) is 14.6. The fraction of sp³-hybridized carbons (Fsp3) is 0.381. The third kappa shape index (κ3) is 3.27. The SMILES string of the molecule is COc1ccccc1CN[C@H]1CC(=O)N(C2Cc3ccccc3C2)C1. The van der Waals surface area contributed by atoms with Crippen LogP contribution in [0, 0.1) is 0 Å². The summed E-state index contributed by atoms with van der Waals surface area (Å²) in [6, 6.07) is 17.1. The van der Waals surface area contributed by atoms with E-state index in [9.17, 15) is 4.79 Å². The summed E-state index contributed by atoms with van der Waals surface area (Å²) in [5.74, 6) is 1.16. The van der Waals surface area contributed by atoms with Gasteiger partial charge in [-0.3, -0.25) is 4.79 Å². The van der Waals surface area contributed by atoms with E-state index in [4.69, 9.17) is 4.74 Å². The number of carbonyl (C=O) groups excluding carboxylic acids is 1. The molecule has 0 saturated carbocycles. The van der Waals surface area contributed by atoms with E-state index in [2.05, 4.69) is 40.5 Å². The Bertz CT molecular complexity index is 749. The fourth-order valence-corrected chi connectivity index (χ4v) is 4.08. The first-order chi connectivity index (χ1) is 12.2. The van der Waals surface area contributed by atoms with Gasteiger partial charge in [0.25, 0.3) is 0 Å². The lowest BCUT2D eigenvalue weighted by Crippen LogP contribution is -2.39. The monoisotopic (exact) mass is 336 g/mol. The number of nitrogens with one attached hydrogen (secondary N) is 1. The van der Waals surface area contributed by atoms with E-state index in [1.165, 1.54) is 11.1 Å². The van der Waals surface area contributed by atoms with Gasteiger partial charge in [-0.15, -0.1) is 0 Å². The van der Waals surface area contributed by atoms with Crippen LogP contribution in [0.5, 0.6) is 5.75 Å². The largest absolute Gasteiger partial charge is 0.496 e. The molecule has 0 spiro atoms. The molecule has 0 bridgehead atoms. The first kappa shape index (κ1) is 16.2. The molecule has 4 nitrogen and oxygen atoms in total. The Labute approximate surface area is 148 Å². The van der Waals surface area contributed by atoms with Crippen molar-refractivity contribution in [2.24, 2.45) is 0 Å². The van der Waals surface area contributed by atoms with Crippen LogP contribution in [0.1, 0.15) is 23.1 Å². The summed E-state index contributed by atoms with van der Waals surface area (Å²) in [6.45, 7) is 1.52. The van der Waals surface area contributed by atoms with Gasteiger partial charge in [-0.2, -0.15) is 0 Å². The second-order valence-electron chi connectivity index (χ2n) is 6.97. The van der Waals surface area contributed by atoms with Crippen molar-refractivity contribution in [1.82, 2.24) is 10.2 Å². The van der Waals surface area contributed by atoms with Crippen molar-refractivity contribution in [3.05, 3.63) is 65.2 Å². The molecule has 2 aromatic carbocycles. The van der Waals surface area contributed by atoms with Crippen LogP contribution in [-0.2, 0) is 24.2 Å². The van der Waals surface area contributed by atoms with Gasteiger partial charge in [0.15, 0.2) is 0 Å². The summed E-state index contributed by atoms with van der Waals surface area (Å²) in [6.07, 6.45) is 2.56. The molecule has 0 aromatic heterocycles. The average molecular weight is 336 g/mol. The Morgan fingerprint density at radius 1 is 1.04 bits per heavy atom. The molecule has 1 heterocycles. The third-order valence-electron chi connectivity index (χ3n) is 5.40. The first-order valence-corrected chi connectivity index (χ1v) is 8.96. The van der Waals surface area contributed by atoms with Crippen molar-refractivity contribution in [3.8, 4) is 5.75 Å². The van der Waals surface area contributed by atoms with Crippen molar-refractivity contribution in [1.29, 1.82) is 0 Å². The van der Waals surface area contributed by atoms with Crippen LogP contribution in [0.3, 0.4) is 0 Å². The molecule has 1 saturated heterocycles. The Hall–Kier alpha value is -2.33. The quantitative estimate of drug-likeness (QED) is 0.912. The number of fused-ring (bicyclic) bond motifs is 1. The molecule has 1 aliphatic carbocycles. The number of nitrogens with zero attached hydrogens (tertiary/aromatic N) is 1. The number of likely N-dealkylation sites (tertiary alicyclic amines) is 1. The highest BCUT2D eigenvalue weighted by Crippen LogP contribution is 2.28. The van der Waals surface area contributed by atoms with Crippen molar-refractivity contribution in [3.63, 3.8) is 0 Å². The molecule has 1 amide bonds. The lowest BCUT2D eigenvalue weighted by molar-refractivity contribution is -0.129. The predicted octanol–water partition coefficient (Wildman–Crippen LogP) is 2.55. The number of amides is 1. The van der Waals surface area contributed by atoms with Gasteiger partial charge in [0, 0.05) is 37.2 Å². The summed E-state index contributed by atoms with van der Waals surface area (Å²) in [7, 11) is 1.69. The van der Waals surface area contributed by atoms with E-state index >= 15 is 0 Å². The minimum atomic E-state index is 0.209.